The molecule has 0 radical (unpaired) electrons. The molecule has 0 N–H and O–H groups in total. The number of nitrogens with zero attached hydrogens (tertiary/aromatic N) is 2. The van der Waals surface area contributed by atoms with Crippen molar-refractivity contribution in [2.75, 3.05) is 6.79 Å². The summed E-state index contributed by atoms with van der Waals surface area (Å²) in [5.74, 6) is 0.754. The molecule has 3 aromatic rings. The van der Waals surface area contributed by atoms with E-state index < -0.39 is 15.8 Å². The predicted octanol–water partition coefficient (Wildman–Crippen LogP) is 2.88. The van der Waals surface area contributed by atoms with Crippen LogP contribution in [0.1, 0.15) is 6.92 Å². The third-order valence-electron chi connectivity index (χ3n) is 3.80. The van der Waals surface area contributed by atoms with Crippen molar-refractivity contribution in [3.63, 3.8) is 0 Å². The number of hydrogen-bond acceptors (Lipinski definition) is 5. The maximum Gasteiger partial charge on any atom is 0.285 e. The lowest BCUT2D eigenvalue weighted by atomic mass is 10.3. The van der Waals surface area contributed by atoms with Crippen molar-refractivity contribution in [2.45, 2.75) is 18.4 Å². The van der Waals surface area contributed by atoms with Crippen molar-refractivity contribution < 1.29 is 22.3 Å². The quantitative estimate of drug-likeness (QED) is 0.701. The van der Waals surface area contributed by atoms with Crippen LogP contribution >= 0.6 is 11.3 Å². The lowest BCUT2D eigenvalue weighted by Crippen LogP contribution is -2.16. The van der Waals surface area contributed by atoms with Crippen molar-refractivity contribution in [3.05, 3.63) is 47.0 Å². The van der Waals surface area contributed by atoms with E-state index in [4.69, 9.17) is 9.47 Å². The maximum absolute atomic E-state index is 13.0. The summed E-state index contributed by atoms with van der Waals surface area (Å²) < 4.78 is 55.4. The highest BCUT2D eigenvalue weighted by molar-refractivity contribution is 7.90. The maximum atomic E-state index is 13.0. The minimum atomic E-state index is -3.94. The second kappa shape index (κ2) is 5.85. The third kappa shape index (κ3) is 2.79. The summed E-state index contributed by atoms with van der Waals surface area (Å²) in [6.45, 7) is 2.62. The molecule has 1 aliphatic rings. The first-order valence-electron chi connectivity index (χ1n) is 7.47. The largest absolute Gasteiger partial charge is 0.454 e. The summed E-state index contributed by atoms with van der Waals surface area (Å²) in [5, 5.41) is 0. The summed E-state index contributed by atoms with van der Waals surface area (Å²) >= 11 is 1.25. The summed E-state index contributed by atoms with van der Waals surface area (Å²) in [7, 11) is -3.94. The molecule has 9 heteroatoms. The SMILES string of the molecule is CCn1c(=NS(=O)(=O)c2ccc(F)cc2)sc2cc3c(cc21)OCO3. The minimum absolute atomic E-state index is 0.0526. The van der Waals surface area contributed by atoms with E-state index >= 15 is 0 Å². The molecule has 0 bridgehead atoms. The van der Waals surface area contributed by atoms with Gasteiger partial charge in [-0.15, -0.1) is 4.40 Å². The van der Waals surface area contributed by atoms with Crippen LogP contribution in [0.2, 0.25) is 0 Å². The van der Waals surface area contributed by atoms with Crippen LogP contribution in [0.3, 0.4) is 0 Å². The lowest BCUT2D eigenvalue weighted by molar-refractivity contribution is 0.174. The van der Waals surface area contributed by atoms with E-state index in [1.807, 2.05) is 19.1 Å². The summed E-state index contributed by atoms with van der Waals surface area (Å²) in [4.78, 5) is 0.286. The molecule has 0 saturated heterocycles. The fraction of sp³-hybridized carbons (Fsp3) is 0.188. The molecule has 4 rings (SSSR count). The van der Waals surface area contributed by atoms with Gasteiger partial charge >= 0.3 is 0 Å². The Labute approximate surface area is 146 Å². The summed E-state index contributed by atoms with van der Waals surface area (Å²) in [6, 6.07) is 8.24. The Kier molecular flexibility index (Phi) is 3.77. The van der Waals surface area contributed by atoms with E-state index in [1.165, 1.54) is 23.5 Å². The number of ether oxygens (including phenoxy) is 2. The molecule has 25 heavy (non-hydrogen) atoms. The highest BCUT2D eigenvalue weighted by atomic mass is 32.2. The van der Waals surface area contributed by atoms with E-state index in [0.717, 1.165) is 22.3 Å². The van der Waals surface area contributed by atoms with E-state index in [1.54, 1.807) is 4.57 Å². The molecule has 0 aliphatic carbocycles. The Balaban J connectivity index is 1.91. The zero-order chi connectivity index (χ0) is 17.6. The van der Waals surface area contributed by atoms with Crippen LogP contribution in [0.4, 0.5) is 4.39 Å². The van der Waals surface area contributed by atoms with Gasteiger partial charge in [-0.25, -0.2) is 4.39 Å². The van der Waals surface area contributed by atoms with Gasteiger partial charge in [-0.2, -0.15) is 8.42 Å². The van der Waals surface area contributed by atoms with Crippen LogP contribution in [0, 0.1) is 5.82 Å². The topological polar surface area (TPSA) is 69.9 Å². The molecule has 1 aromatic heterocycles. The molecule has 0 fully saturated rings. The average molecular weight is 380 g/mol. The minimum Gasteiger partial charge on any atom is -0.454 e. The standard InChI is InChI=1S/C16H13FN2O4S2/c1-2-19-12-7-13-14(23-9-22-13)8-15(12)24-16(19)18-25(20,21)11-5-3-10(17)4-6-11/h3-8H,2,9H2,1H3. The fourth-order valence-corrected chi connectivity index (χ4v) is 4.90. The Morgan fingerprint density at radius 3 is 2.56 bits per heavy atom. The van der Waals surface area contributed by atoms with Gasteiger partial charge in [0.15, 0.2) is 11.5 Å². The number of halogens is 1. The molecular formula is C16H13FN2O4S2. The van der Waals surface area contributed by atoms with Gasteiger partial charge in [0.2, 0.25) is 11.6 Å². The molecule has 6 nitrogen and oxygen atoms in total. The molecule has 0 saturated carbocycles. The fourth-order valence-electron chi connectivity index (χ4n) is 2.60. The Bertz CT molecular complexity index is 1130. The van der Waals surface area contributed by atoms with Crippen LogP contribution in [-0.4, -0.2) is 19.8 Å². The van der Waals surface area contributed by atoms with Crippen LogP contribution in [0.25, 0.3) is 10.2 Å². The van der Waals surface area contributed by atoms with Gasteiger partial charge in [0.25, 0.3) is 10.0 Å². The molecule has 2 aromatic carbocycles. The zero-order valence-corrected chi connectivity index (χ0v) is 14.7. The second-order valence-corrected chi connectivity index (χ2v) is 7.94. The number of benzene rings is 2. The van der Waals surface area contributed by atoms with Crippen molar-refractivity contribution in [1.29, 1.82) is 0 Å². The van der Waals surface area contributed by atoms with E-state index in [0.29, 0.717) is 22.8 Å². The molecular weight excluding hydrogens is 367 g/mol. The third-order valence-corrected chi connectivity index (χ3v) is 6.24. The zero-order valence-electron chi connectivity index (χ0n) is 13.1. The molecule has 0 spiro atoms. The van der Waals surface area contributed by atoms with Crippen molar-refractivity contribution >= 4 is 31.6 Å². The Morgan fingerprint density at radius 1 is 1.20 bits per heavy atom. The van der Waals surface area contributed by atoms with Crippen molar-refractivity contribution in [3.8, 4) is 11.5 Å². The number of thiazole rings is 1. The lowest BCUT2D eigenvalue weighted by Gasteiger charge is -2.02. The molecule has 130 valence electrons. The first-order valence-corrected chi connectivity index (χ1v) is 9.73. The van der Waals surface area contributed by atoms with E-state index in [-0.39, 0.29) is 11.7 Å². The Hall–Kier alpha value is -2.39. The summed E-state index contributed by atoms with van der Waals surface area (Å²) in [6.07, 6.45) is 0. The second-order valence-electron chi connectivity index (χ2n) is 5.32. The monoisotopic (exact) mass is 380 g/mol. The number of sulfonamides is 1. The smallest absolute Gasteiger partial charge is 0.285 e. The molecule has 1 aliphatic heterocycles. The van der Waals surface area contributed by atoms with Crippen LogP contribution < -0.4 is 14.3 Å². The van der Waals surface area contributed by atoms with Crippen LogP contribution in [-0.2, 0) is 16.6 Å². The number of aryl methyl sites for hydroxylation is 1. The predicted molar refractivity (Wildman–Crippen MR) is 90.8 cm³/mol. The van der Waals surface area contributed by atoms with Gasteiger partial charge in [0.1, 0.15) is 5.82 Å². The van der Waals surface area contributed by atoms with Gasteiger partial charge < -0.3 is 14.0 Å². The first-order chi connectivity index (χ1) is 12.0. The van der Waals surface area contributed by atoms with Crippen LogP contribution in [0.5, 0.6) is 11.5 Å². The van der Waals surface area contributed by atoms with Gasteiger partial charge in [0, 0.05) is 18.7 Å². The van der Waals surface area contributed by atoms with Gasteiger partial charge in [-0.1, -0.05) is 11.3 Å². The average Bonchev–Trinajstić information content (AvgIpc) is 3.15. The van der Waals surface area contributed by atoms with Gasteiger partial charge in [-0.3, -0.25) is 0 Å². The normalized spacial score (nSPS) is 14.4. The first kappa shape index (κ1) is 16.1. The van der Waals surface area contributed by atoms with Crippen molar-refractivity contribution in [2.24, 2.45) is 4.40 Å². The number of hydrogen-bond donors (Lipinski definition) is 0. The molecule has 0 atom stereocenters. The molecule has 0 amide bonds. The Morgan fingerprint density at radius 2 is 1.88 bits per heavy atom. The number of aromatic nitrogens is 1. The number of fused-ring (bicyclic) bond motifs is 2. The van der Waals surface area contributed by atoms with Crippen LogP contribution in [0.15, 0.2) is 45.7 Å². The van der Waals surface area contributed by atoms with E-state index in [9.17, 15) is 12.8 Å². The molecule has 2 heterocycles. The number of rotatable bonds is 3. The summed E-state index contributed by atoms with van der Waals surface area (Å²) in [5.41, 5.74) is 0.824. The van der Waals surface area contributed by atoms with Gasteiger partial charge in [-0.05, 0) is 31.2 Å². The highest BCUT2D eigenvalue weighted by Crippen LogP contribution is 2.37. The highest BCUT2D eigenvalue weighted by Gasteiger charge is 2.19. The molecule has 0 unspecified atom stereocenters. The van der Waals surface area contributed by atoms with Gasteiger partial charge in [0.05, 0.1) is 15.1 Å². The van der Waals surface area contributed by atoms with Crippen molar-refractivity contribution in [1.82, 2.24) is 4.57 Å². The van der Waals surface area contributed by atoms with E-state index in [2.05, 4.69) is 4.40 Å².